The third-order valence-corrected chi connectivity index (χ3v) is 4.99. The van der Waals surface area contributed by atoms with Crippen molar-refractivity contribution in [2.45, 2.75) is 25.7 Å². The number of aromatic hydroxyl groups is 1. The molecule has 0 radical (unpaired) electrons. The number of halogens is 1. The van der Waals surface area contributed by atoms with E-state index in [1.165, 1.54) is 6.07 Å². The molecule has 0 saturated heterocycles. The molecule has 2 rings (SSSR count). The number of unbranched alkanes of at least 4 members (excludes halogenated alkanes) is 3. The van der Waals surface area contributed by atoms with Gasteiger partial charge in [-0.25, -0.2) is 0 Å². The van der Waals surface area contributed by atoms with E-state index in [4.69, 9.17) is 4.74 Å². The Kier molecular flexibility index (Phi) is 9.24. The fraction of sp³-hybridized carbons (Fsp3) is 0.348. The molecule has 2 aromatic carbocycles. The smallest absolute Gasteiger partial charge is 0.196 e. The Balaban J connectivity index is 1.75. The second kappa shape index (κ2) is 11.7. The predicted octanol–water partition coefficient (Wildman–Crippen LogP) is 5.44. The van der Waals surface area contributed by atoms with E-state index in [9.17, 15) is 9.90 Å². The zero-order valence-corrected chi connectivity index (χ0v) is 18.0. The number of rotatable bonds is 12. The van der Waals surface area contributed by atoms with Crippen LogP contribution in [0.1, 0.15) is 41.6 Å². The van der Waals surface area contributed by atoms with Gasteiger partial charge in [0.05, 0.1) is 12.2 Å². The first-order valence-electron chi connectivity index (χ1n) is 9.57. The fourth-order valence-corrected chi connectivity index (χ4v) is 3.15. The number of phenols is 1. The van der Waals surface area contributed by atoms with Gasteiger partial charge in [0.15, 0.2) is 5.78 Å². The van der Waals surface area contributed by atoms with Crippen LogP contribution < -0.4 is 4.74 Å². The van der Waals surface area contributed by atoms with Gasteiger partial charge in [0.2, 0.25) is 0 Å². The summed E-state index contributed by atoms with van der Waals surface area (Å²) in [6.45, 7) is 6.34. The third kappa shape index (κ3) is 7.13. The fourth-order valence-electron chi connectivity index (χ4n) is 2.89. The molecule has 0 heterocycles. The van der Waals surface area contributed by atoms with Crippen LogP contribution in [0.15, 0.2) is 59.6 Å². The summed E-state index contributed by atoms with van der Waals surface area (Å²) in [7, 11) is 2.10. The SMILES string of the molecule is C=CCN(C)CCCCCCOc1ccc(C(=O)c2ccc(Br)cc2)c(O)c1. The van der Waals surface area contributed by atoms with Crippen LogP contribution in [0.3, 0.4) is 0 Å². The zero-order chi connectivity index (χ0) is 20.4. The first-order valence-corrected chi connectivity index (χ1v) is 10.4. The summed E-state index contributed by atoms with van der Waals surface area (Å²) in [5.74, 6) is 0.309. The average Bonchev–Trinajstić information content (AvgIpc) is 2.67. The van der Waals surface area contributed by atoms with Crippen molar-refractivity contribution in [2.75, 3.05) is 26.7 Å². The number of likely N-dealkylation sites (N-methyl/N-ethyl adjacent to an activating group) is 1. The van der Waals surface area contributed by atoms with Crippen molar-refractivity contribution in [3.63, 3.8) is 0 Å². The quantitative estimate of drug-likeness (QED) is 0.268. The number of ketones is 1. The van der Waals surface area contributed by atoms with Crippen LogP contribution in [-0.4, -0.2) is 42.5 Å². The minimum absolute atomic E-state index is 0.0596. The van der Waals surface area contributed by atoms with E-state index in [1.807, 2.05) is 6.08 Å². The molecule has 0 aliphatic heterocycles. The van der Waals surface area contributed by atoms with Crippen LogP contribution in [-0.2, 0) is 0 Å². The van der Waals surface area contributed by atoms with Crippen molar-refractivity contribution in [1.29, 1.82) is 0 Å². The van der Waals surface area contributed by atoms with Gasteiger partial charge in [-0.15, -0.1) is 6.58 Å². The molecule has 0 atom stereocenters. The molecule has 2 aromatic rings. The molecule has 0 aliphatic carbocycles. The van der Waals surface area contributed by atoms with Gasteiger partial charge in [-0.2, -0.15) is 0 Å². The molecule has 28 heavy (non-hydrogen) atoms. The monoisotopic (exact) mass is 445 g/mol. The lowest BCUT2D eigenvalue weighted by molar-refractivity contribution is 0.103. The number of hydrogen-bond acceptors (Lipinski definition) is 4. The van der Waals surface area contributed by atoms with Gasteiger partial charge >= 0.3 is 0 Å². The van der Waals surface area contributed by atoms with Crippen molar-refractivity contribution < 1.29 is 14.6 Å². The Hall–Kier alpha value is -2.11. The highest BCUT2D eigenvalue weighted by Gasteiger charge is 2.14. The molecule has 0 amide bonds. The zero-order valence-electron chi connectivity index (χ0n) is 16.4. The standard InChI is InChI=1S/C23H28BrNO3/c1-3-14-25(2)15-6-4-5-7-16-28-20-12-13-21(22(26)17-20)23(27)18-8-10-19(24)11-9-18/h3,8-13,17,26H,1,4-7,14-16H2,2H3. The van der Waals surface area contributed by atoms with Crippen LogP contribution in [0.25, 0.3) is 0 Å². The molecule has 5 heteroatoms. The van der Waals surface area contributed by atoms with E-state index in [2.05, 4.69) is 34.5 Å². The molecular formula is C23H28BrNO3. The Labute approximate surface area is 176 Å². The Bertz CT molecular complexity index is 774. The first kappa shape index (κ1) is 22.2. The molecule has 4 nitrogen and oxygen atoms in total. The summed E-state index contributed by atoms with van der Waals surface area (Å²) < 4.78 is 6.61. The molecule has 0 spiro atoms. The molecular weight excluding hydrogens is 418 g/mol. The van der Waals surface area contributed by atoms with E-state index in [0.29, 0.717) is 17.9 Å². The van der Waals surface area contributed by atoms with Gasteiger partial charge in [0, 0.05) is 22.6 Å². The summed E-state index contributed by atoms with van der Waals surface area (Å²) in [6.07, 6.45) is 6.31. The highest BCUT2D eigenvalue weighted by molar-refractivity contribution is 9.10. The number of hydrogen-bond donors (Lipinski definition) is 1. The highest BCUT2D eigenvalue weighted by Crippen LogP contribution is 2.26. The largest absolute Gasteiger partial charge is 0.507 e. The maximum atomic E-state index is 12.5. The van der Waals surface area contributed by atoms with Gasteiger partial charge in [-0.1, -0.05) is 34.8 Å². The minimum Gasteiger partial charge on any atom is -0.507 e. The van der Waals surface area contributed by atoms with Crippen LogP contribution in [0.2, 0.25) is 0 Å². The number of carbonyl (C=O) groups is 1. The van der Waals surface area contributed by atoms with Gasteiger partial charge < -0.3 is 14.7 Å². The lowest BCUT2D eigenvalue weighted by atomic mass is 10.0. The van der Waals surface area contributed by atoms with E-state index in [-0.39, 0.29) is 17.1 Å². The molecule has 150 valence electrons. The molecule has 0 saturated carbocycles. The van der Waals surface area contributed by atoms with Crippen molar-refractivity contribution in [3.8, 4) is 11.5 Å². The Morgan fingerprint density at radius 3 is 2.54 bits per heavy atom. The maximum absolute atomic E-state index is 12.5. The van der Waals surface area contributed by atoms with Crippen molar-refractivity contribution in [2.24, 2.45) is 0 Å². The summed E-state index contributed by atoms with van der Waals surface area (Å²) in [4.78, 5) is 14.8. The van der Waals surface area contributed by atoms with Crippen LogP contribution in [0.5, 0.6) is 11.5 Å². The number of phenolic OH excluding ortho intramolecular Hbond substituents is 1. The lowest BCUT2D eigenvalue weighted by Gasteiger charge is -2.13. The van der Waals surface area contributed by atoms with Crippen molar-refractivity contribution in [1.82, 2.24) is 4.90 Å². The van der Waals surface area contributed by atoms with E-state index in [0.717, 1.165) is 43.2 Å². The van der Waals surface area contributed by atoms with Crippen LogP contribution in [0.4, 0.5) is 0 Å². The van der Waals surface area contributed by atoms with E-state index in [1.54, 1.807) is 36.4 Å². The number of nitrogens with zero attached hydrogens (tertiary/aromatic N) is 1. The highest BCUT2D eigenvalue weighted by atomic mass is 79.9. The Morgan fingerprint density at radius 2 is 1.86 bits per heavy atom. The molecule has 0 aromatic heterocycles. The summed E-state index contributed by atoms with van der Waals surface area (Å²) >= 11 is 3.35. The lowest BCUT2D eigenvalue weighted by Crippen LogP contribution is -2.19. The minimum atomic E-state index is -0.210. The van der Waals surface area contributed by atoms with Gasteiger partial charge in [0.25, 0.3) is 0 Å². The molecule has 0 bridgehead atoms. The normalized spacial score (nSPS) is 10.8. The van der Waals surface area contributed by atoms with E-state index >= 15 is 0 Å². The molecule has 0 unspecified atom stereocenters. The second-order valence-electron chi connectivity index (χ2n) is 6.83. The summed E-state index contributed by atoms with van der Waals surface area (Å²) in [6, 6.07) is 11.9. The maximum Gasteiger partial charge on any atom is 0.196 e. The third-order valence-electron chi connectivity index (χ3n) is 4.46. The van der Waals surface area contributed by atoms with Crippen molar-refractivity contribution >= 4 is 21.7 Å². The predicted molar refractivity (Wildman–Crippen MR) is 117 cm³/mol. The molecule has 1 N–H and O–H groups in total. The second-order valence-corrected chi connectivity index (χ2v) is 7.74. The topological polar surface area (TPSA) is 49.8 Å². The number of benzene rings is 2. The van der Waals surface area contributed by atoms with E-state index < -0.39 is 0 Å². The van der Waals surface area contributed by atoms with Crippen LogP contribution >= 0.6 is 15.9 Å². The molecule has 0 aliphatic rings. The Morgan fingerprint density at radius 1 is 1.14 bits per heavy atom. The number of ether oxygens (including phenoxy) is 1. The summed E-state index contributed by atoms with van der Waals surface area (Å²) in [5.41, 5.74) is 0.809. The van der Waals surface area contributed by atoms with Crippen molar-refractivity contribution in [3.05, 3.63) is 70.7 Å². The van der Waals surface area contributed by atoms with Crippen LogP contribution in [0, 0.1) is 0 Å². The first-order chi connectivity index (χ1) is 13.5. The number of carbonyl (C=O) groups excluding carboxylic acids is 1. The van der Waals surface area contributed by atoms with Gasteiger partial charge in [0.1, 0.15) is 11.5 Å². The van der Waals surface area contributed by atoms with Gasteiger partial charge in [-0.05, 0) is 62.8 Å². The molecule has 0 fully saturated rings. The van der Waals surface area contributed by atoms with Gasteiger partial charge in [-0.3, -0.25) is 4.79 Å². The average molecular weight is 446 g/mol. The summed E-state index contributed by atoms with van der Waals surface area (Å²) in [5, 5.41) is 10.2.